The van der Waals surface area contributed by atoms with Crippen LogP contribution in [0.4, 0.5) is 0 Å². The summed E-state index contributed by atoms with van der Waals surface area (Å²) in [7, 11) is -3.38. The highest BCUT2D eigenvalue weighted by molar-refractivity contribution is 9.10. The van der Waals surface area contributed by atoms with E-state index in [9.17, 15) is 13.2 Å². The fourth-order valence-electron chi connectivity index (χ4n) is 1.13. The third kappa shape index (κ3) is 4.47. The molecule has 0 saturated carbocycles. The Balaban J connectivity index is 2.63. The molecule has 0 bridgehead atoms. The molecular formula is C11H13BrO4S. The Hall–Kier alpha value is -0.880. The molecule has 1 rings (SSSR count). The first kappa shape index (κ1) is 14.2. The van der Waals surface area contributed by atoms with Crippen LogP contribution in [0.25, 0.3) is 0 Å². The van der Waals surface area contributed by atoms with Crippen LogP contribution in [0.1, 0.15) is 13.3 Å². The van der Waals surface area contributed by atoms with Crippen LogP contribution in [0.2, 0.25) is 0 Å². The van der Waals surface area contributed by atoms with Gasteiger partial charge in [-0.3, -0.25) is 4.79 Å². The normalized spacial score (nSPS) is 11.2. The van der Waals surface area contributed by atoms with E-state index in [2.05, 4.69) is 15.9 Å². The monoisotopic (exact) mass is 320 g/mol. The van der Waals surface area contributed by atoms with Crippen molar-refractivity contribution in [3.8, 4) is 0 Å². The van der Waals surface area contributed by atoms with Gasteiger partial charge in [0, 0.05) is 10.9 Å². The van der Waals surface area contributed by atoms with Gasteiger partial charge in [-0.1, -0.05) is 22.9 Å². The molecule has 0 N–H and O–H groups in total. The molecule has 0 radical (unpaired) electrons. The van der Waals surface area contributed by atoms with Gasteiger partial charge in [-0.25, -0.2) is 8.42 Å². The number of esters is 1. The van der Waals surface area contributed by atoms with Gasteiger partial charge in [0.2, 0.25) is 0 Å². The lowest BCUT2D eigenvalue weighted by Gasteiger charge is -2.05. The van der Waals surface area contributed by atoms with E-state index in [-0.39, 0.29) is 23.7 Å². The minimum Gasteiger partial charge on any atom is -0.465 e. The molecule has 6 heteroatoms. The van der Waals surface area contributed by atoms with Crippen molar-refractivity contribution in [1.82, 2.24) is 0 Å². The van der Waals surface area contributed by atoms with Gasteiger partial charge in [0.05, 0.1) is 10.6 Å². The number of carbonyl (C=O) groups excluding carboxylic acids is 1. The zero-order valence-electron chi connectivity index (χ0n) is 9.35. The average molecular weight is 321 g/mol. The Bertz CT molecular complexity index is 479. The number of ether oxygens (including phenoxy) is 1. The van der Waals surface area contributed by atoms with Crippen LogP contribution in [0.15, 0.2) is 33.6 Å². The quantitative estimate of drug-likeness (QED) is 0.780. The van der Waals surface area contributed by atoms with Crippen LogP contribution < -0.4 is 0 Å². The van der Waals surface area contributed by atoms with Gasteiger partial charge < -0.3 is 4.74 Å². The highest BCUT2D eigenvalue weighted by Crippen LogP contribution is 2.15. The van der Waals surface area contributed by atoms with E-state index in [0.29, 0.717) is 0 Å². The van der Waals surface area contributed by atoms with E-state index >= 15 is 0 Å². The van der Waals surface area contributed by atoms with Crippen molar-refractivity contribution in [2.75, 3.05) is 12.4 Å². The van der Waals surface area contributed by atoms with Crippen molar-refractivity contribution >= 4 is 31.7 Å². The minimum absolute atomic E-state index is 0.106. The lowest BCUT2D eigenvalue weighted by molar-refractivity contribution is -0.142. The molecule has 0 aliphatic carbocycles. The molecule has 0 amide bonds. The maximum atomic E-state index is 11.8. The summed E-state index contributed by atoms with van der Waals surface area (Å²) in [6.07, 6.45) is 0.248. The van der Waals surface area contributed by atoms with Crippen molar-refractivity contribution in [3.05, 3.63) is 28.7 Å². The largest absolute Gasteiger partial charge is 0.465 e. The van der Waals surface area contributed by atoms with E-state index < -0.39 is 15.8 Å². The molecule has 0 heterocycles. The molecule has 17 heavy (non-hydrogen) atoms. The number of benzene rings is 1. The molecule has 4 nitrogen and oxygen atoms in total. The molecule has 0 spiro atoms. The van der Waals surface area contributed by atoms with Gasteiger partial charge in [-0.15, -0.1) is 0 Å². The summed E-state index contributed by atoms with van der Waals surface area (Å²) in [6, 6.07) is 6.35. The number of hydrogen-bond donors (Lipinski definition) is 0. The molecule has 1 aromatic carbocycles. The van der Waals surface area contributed by atoms with Gasteiger partial charge in [-0.2, -0.15) is 0 Å². The maximum Gasteiger partial charge on any atom is 0.305 e. The maximum absolute atomic E-state index is 11.8. The fourth-order valence-corrected chi connectivity index (χ4v) is 2.48. The van der Waals surface area contributed by atoms with Crippen LogP contribution in [0.5, 0.6) is 0 Å². The third-order valence-electron chi connectivity index (χ3n) is 2.08. The number of carbonyl (C=O) groups is 1. The van der Waals surface area contributed by atoms with Crippen LogP contribution in [0, 0.1) is 0 Å². The summed E-state index contributed by atoms with van der Waals surface area (Å²) < 4.78 is 29.2. The van der Waals surface area contributed by atoms with Gasteiger partial charge in [0.15, 0.2) is 9.84 Å². The smallest absolute Gasteiger partial charge is 0.305 e. The van der Waals surface area contributed by atoms with Crippen molar-refractivity contribution < 1.29 is 17.9 Å². The molecule has 0 aliphatic rings. The first-order valence-electron chi connectivity index (χ1n) is 5.09. The lowest BCUT2D eigenvalue weighted by atomic mass is 10.4. The van der Waals surface area contributed by atoms with Gasteiger partial charge in [0.1, 0.15) is 6.61 Å². The highest BCUT2D eigenvalue weighted by Gasteiger charge is 2.14. The summed E-state index contributed by atoms with van der Waals surface area (Å²) in [5, 5.41) is 0. The SMILES string of the molecule is CCC(=O)OCCS(=O)(=O)c1ccc(Br)cc1. The van der Waals surface area contributed by atoms with Crippen molar-refractivity contribution in [3.63, 3.8) is 0 Å². The topological polar surface area (TPSA) is 60.4 Å². The number of hydrogen-bond acceptors (Lipinski definition) is 4. The number of sulfone groups is 1. The van der Waals surface area contributed by atoms with E-state index in [0.717, 1.165) is 4.47 Å². The van der Waals surface area contributed by atoms with E-state index in [1.165, 1.54) is 12.1 Å². The highest BCUT2D eigenvalue weighted by atomic mass is 79.9. The second kappa shape index (κ2) is 6.16. The standard InChI is InChI=1S/C11H13BrO4S/c1-2-11(13)16-7-8-17(14,15)10-5-3-9(12)4-6-10/h3-6H,2,7-8H2,1H3. The first-order valence-corrected chi connectivity index (χ1v) is 7.54. The Morgan fingerprint density at radius 2 is 1.88 bits per heavy atom. The summed E-state index contributed by atoms with van der Waals surface area (Å²) in [4.78, 5) is 11.1. The molecule has 0 saturated heterocycles. The molecule has 0 aromatic heterocycles. The van der Waals surface area contributed by atoms with E-state index in [1.807, 2.05) is 0 Å². The number of halogens is 1. The van der Waals surface area contributed by atoms with Crippen LogP contribution in [-0.4, -0.2) is 26.7 Å². The van der Waals surface area contributed by atoms with E-state index in [4.69, 9.17) is 4.74 Å². The van der Waals surface area contributed by atoms with Gasteiger partial charge in [-0.05, 0) is 24.3 Å². The molecule has 94 valence electrons. The fraction of sp³-hybridized carbons (Fsp3) is 0.364. The van der Waals surface area contributed by atoms with Crippen LogP contribution >= 0.6 is 15.9 Å². The first-order chi connectivity index (χ1) is 7.95. The van der Waals surface area contributed by atoms with Crippen molar-refractivity contribution in [2.45, 2.75) is 18.2 Å². The zero-order chi connectivity index (χ0) is 12.9. The third-order valence-corrected chi connectivity index (χ3v) is 4.30. The Labute approximate surface area is 109 Å². The van der Waals surface area contributed by atoms with Gasteiger partial charge >= 0.3 is 5.97 Å². The molecule has 0 atom stereocenters. The van der Waals surface area contributed by atoms with Crippen molar-refractivity contribution in [2.24, 2.45) is 0 Å². The molecule has 0 fully saturated rings. The average Bonchev–Trinajstić information content (AvgIpc) is 2.29. The Morgan fingerprint density at radius 1 is 1.29 bits per heavy atom. The second-order valence-corrected chi connectivity index (χ2v) is 6.37. The molecule has 1 aromatic rings. The predicted octanol–water partition coefficient (Wildman–Crippen LogP) is 2.18. The molecule has 0 unspecified atom stereocenters. The van der Waals surface area contributed by atoms with E-state index in [1.54, 1.807) is 19.1 Å². The Morgan fingerprint density at radius 3 is 2.41 bits per heavy atom. The molecular weight excluding hydrogens is 308 g/mol. The summed E-state index contributed by atoms with van der Waals surface area (Å²) in [6.45, 7) is 1.55. The summed E-state index contributed by atoms with van der Waals surface area (Å²) >= 11 is 3.23. The minimum atomic E-state index is -3.38. The summed E-state index contributed by atoms with van der Waals surface area (Å²) in [5.41, 5.74) is 0. The lowest BCUT2D eigenvalue weighted by Crippen LogP contribution is -2.15. The Kier molecular flexibility index (Phi) is 5.14. The predicted molar refractivity (Wildman–Crippen MR) is 67.4 cm³/mol. The van der Waals surface area contributed by atoms with Gasteiger partial charge in [0.25, 0.3) is 0 Å². The van der Waals surface area contributed by atoms with Crippen molar-refractivity contribution in [1.29, 1.82) is 0 Å². The van der Waals surface area contributed by atoms with Crippen LogP contribution in [0.3, 0.4) is 0 Å². The summed E-state index contributed by atoms with van der Waals surface area (Å²) in [5.74, 6) is -0.587. The second-order valence-electron chi connectivity index (χ2n) is 3.35. The van der Waals surface area contributed by atoms with Crippen LogP contribution in [-0.2, 0) is 19.4 Å². The number of rotatable bonds is 5. The zero-order valence-corrected chi connectivity index (χ0v) is 11.8. The molecule has 0 aliphatic heterocycles.